The smallest absolute Gasteiger partial charge is 0.253 e. The monoisotopic (exact) mass is 402 g/mol. The van der Waals surface area contributed by atoms with Gasteiger partial charge in [0.15, 0.2) is 11.5 Å². The molecule has 2 heterocycles. The summed E-state index contributed by atoms with van der Waals surface area (Å²) in [6.45, 7) is 2.51. The Balaban J connectivity index is 1.53. The van der Waals surface area contributed by atoms with Crippen molar-refractivity contribution in [3.05, 3.63) is 53.1 Å². The van der Waals surface area contributed by atoms with Gasteiger partial charge in [-0.1, -0.05) is 6.07 Å². The molecule has 1 atom stereocenters. The van der Waals surface area contributed by atoms with Crippen molar-refractivity contribution >= 4 is 21.6 Å². The number of rotatable bonds is 4. The second-order valence-electron chi connectivity index (χ2n) is 7.30. The maximum atomic E-state index is 12.9. The number of benzene rings is 2. The maximum Gasteiger partial charge on any atom is 0.253 e. The average Bonchev–Trinajstić information content (AvgIpc) is 3.22. The minimum Gasteiger partial charge on any atom is -0.454 e. The normalized spacial score (nSPS) is 17.5. The van der Waals surface area contributed by atoms with E-state index in [1.165, 1.54) is 10.6 Å². The van der Waals surface area contributed by atoms with Gasteiger partial charge in [0.1, 0.15) is 0 Å². The molecule has 0 bridgehead atoms. The molecule has 0 saturated heterocycles. The van der Waals surface area contributed by atoms with Gasteiger partial charge in [-0.2, -0.15) is 0 Å². The molecular formula is C20H22N2O5S. The van der Waals surface area contributed by atoms with Crippen LogP contribution < -0.4 is 13.8 Å². The highest BCUT2D eigenvalue weighted by atomic mass is 32.2. The molecule has 0 aliphatic carbocycles. The van der Waals surface area contributed by atoms with Gasteiger partial charge in [0.2, 0.25) is 16.8 Å². The van der Waals surface area contributed by atoms with Crippen molar-refractivity contribution in [2.45, 2.75) is 25.9 Å². The largest absolute Gasteiger partial charge is 0.454 e. The first kappa shape index (κ1) is 18.6. The van der Waals surface area contributed by atoms with Gasteiger partial charge in [0.05, 0.1) is 11.9 Å². The van der Waals surface area contributed by atoms with Crippen LogP contribution in [0, 0.1) is 0 Å². The summed E-state index contributed by atoms with van der Waals surface area (Å²) in [5.41, 5.74) is 3.02. The molecule has 0 aromatic heterocycles. The number of carbonyl (C=O) groups excluding carboxylic acids is 1. The number of sulfonamides is 1. The maximum absolute atomic E-state index is 12.9. The molecule has 1 amide bonds. The lowest BCUT2D eigenvalue weighted by atomic mass is 10.1. The van der Waals surface area contributed by atoms with Crippen molar-refractivity contribution in [3.8, 4) is 11.5 Å². The fourth-order valence-corrected chi connectivity index (χ4v) is 5.11. The zero-order valence-corrected chi connectivity index (χ0v) is 16.8. The third-order valence-corrected chi connectivity index (χ3v) is 6.31. The van der Waals surface area contributed by atoms with Crippen molar-refractivity contribution in [2.75, 3.05) is 24.4 Å². The topological polar surface area (TPSA) is 76.2 Å². The van der Waals surface area contributed by atoms with E-state index in [0.29, 0.717) is 35.7 Å². The molecule has 2 aromatic rings. The van der Waals surface area contributed by atoms with Gasteiger partial charge in [-0.25, -0.2) is 8.42 Å². The molecule has 2 aliphatic heterocycles. The standard InChI is InChI=1S/C20H22N2O5S/c1-13-8-16-10-15(5-6-17(16)22(13)28(3,24)25)20(23)21(2)11-14-4-7-18-19(9-14)27-12-26-18/h4-7,9-10,13H,8,11-12H2,1-3H3/t13-/m1/s1. The summed E-state index contributed by atoms with van der Waals surface area (Å²) in [6, 6.07) is 10.7. The third-order valence-electron chi connectivity index (χ3n) is 5.04. The minimum atomic E-state index is -3.34. The van der Waals surface area contributed by atoms with Gasteiger partial charge in [-0.05, 0) is 54.8 Å². The van der Waals surface area contributed by atoms with Crippen molar-refractivity contribution in [1.29, 1.82) is 0 Å². The van der Waals surface area contributed by atoms with Gasteiger partial charge >= 0.3 is 0 Å². The Morgan fingerprint density at radius 2 is 1.93 bits per heavy atom. The lowest BCUT2D eigenvalue weighted by molar-refractivity contribution is 0.0785. The first-order valence-electron chi connectivity index (χ1n) is 9.00. The number of anilines is 1. The quantitative estimate of drug-likeness (QED) is 0.785. The number of hydrogen-bond acceptors (Lipinski definition) is 5. The lowest BCUT2D eigenvalue weighted by Gasteiger charge is -2.22. The summed E-state index contributed by atoms with van der Waals surface area (Å²) < 4.78 is 36.2. The molecule has 0 unspecified atom stereocenters. The molecule has 0 fully saturated rings. The van der Waals surface area contributed by atoms with Crippen molar-refractivity contribution < 1.29 is 22.7 Å². The summed E-state index contributed by atoms with van der Waals surface area (Å²) in [4.78, 5) is 14.5. The second-order valence-corrected chi connectivity index (χ2v) is 9.16. The van der Waals surface area contributed by atoms with E-state index in [2.05, 4.69) is 0 Å². The van der Waals surface area contributed by atoms with E-state index < -0.39 is 10.0 Å². The summed E-state index contributed by atoms with van der Waals surface area (Å²) in [5, 5.41) is 0. The molecule has 0 spiro atoms. The summed E-state index contributed by atoms with van der Waals surface area (Å²) in [5.74, 6) is 1.28. The third kappa shape index (κ3) is 3.28. The predicted molar refractivity (Wildman–Crippen MR) is 105 cm³/mol. The van der Waals surface area contributed by atoms with Gasteiger partial charge < -0.3 is 14.4 Å². The van der Waals surface area contributed by atoms with Crippen LogP contribution in [0.25, 0.3) is 0 Å². The molecule has 0 radical (unpaired) electrons. The van der Waals surface area contributed by atoms with Crippen LogP contribution in [0.15, 0.2) is 36.4 Å². The highest BCUT2D eigenvalue weighted by Crippen LogP contribution is 2.35. The van der Waals surface area contributed by atoms with E-state index in [1.807, 2.05) is 25.1 Å². The molecule has 148 valence electrons. The number of fused-ring (bicyclic) bond motifs is 2. The fourth-order valence-electron chi connectivity index (χ4n) is 3.85. The highest BCUT2D eigenvalue weighted by Gasteiger charge is 2.33. The van der Waals surface area contributed by atoms with E-state index in [9.17, 15) is 13.2 Å². The number of amides is 1. The van der Waals surface area contributed by atoms with Crippen LogP contribution in [0.4, 0.5) is 5.69 Å². The Bertz CT molecular complexity index is 1050. The summed E-state index contributed by atoms with van der Waals surface area (Å²) >= 11 is 0. The van der Waals surface area contributed by atoms with Gasteiger partial charge in [0.25, 0.3) is 5.91 Å². The summed E-state index contributed by atoms with van der Waals surface area (Å²) in [6.07, 6.45) is 1.80. The molecule has 0 saturated carbocycles. The predicted octanol–water partition coefficient (Wildman–Crippen LogP) is 2.40. The molecule has 28 heavy (non-hydrogen) atoms. The Morgan fingerprint density at radius 3 is 2.68 bits per heavy atom. The van der Waals surface area contributed by atoms with Crippen LogP contribution in [-0.4, -0.2) is 45.4 Å². The van der Waals surface area contributed by atoms with Crippen LogP contribution in [0.3, 0.4) is 0 Å². The van der Waals surface area contributed by atoms with Gasteiger partial charge in [-0.15, -0.1) is 0 Å². The first-order valence-corrected chi connectivity index (χ1v) is 10.8. The fraction of sp³-hybridized carbons (Fsp3) is 0.350. The molecule has 8 heteroatoms. The summed E-state index contributed by atoms with van der Waals surface area (Å²) in [7, 11) is -1.60. The van der Waals surface area contributed by atoms with E-state index >= 15 is 0 Å². The molecule has 0 N–H and O–H groups in total. The van der Waals surface area contributed by atoms with Crippen molar-refractivity contribution in [2.24, 2.45) is 0 Å². The van der Waals surface area contributed by atoms with Crippen molar-refractivity contribution in [3.63, 3.8) is 0 Å². The highest BCUT2D eigenvalue weighted by molar-refractivity contribution is 7.92. The average molecular weight is 402 g/mol. The Hall–Kier alpha value is -2.74. The number of hydrogen-bond donors (Lipinski definition) is 0. The van der Waals surface area contributed by atoms with Crippen LogP contribution in [-0.2, 0) is 23.0 Å². The van der Waals surface area contributed by atoms with Crippen LogP contribution in [0.1, 0.15) is 28.4 Å². The van der Waals surface area contributed by atoms with E-state index in [0.717, 1.165) is 11.1 Å². The Labute approximate surface area is 164 Å². The van der Waals surface area contributed by atoms with Crippen LogP contribution >= 0.6 is 0 Å². The van der Waals surface area contributed by atoms with Crippen LogP contribution in [0.5, 0.6) is 11.5 Å². The number of ether oxygens (including phenoxy) is 2. The molecule has 2 aromatic carbocycles. The molecular weight excluding hydrogens is 380 g/mol. The molecule has 7 nitrogen and oxygen atoms in total. The SMILES string of the molecule is C[C@@H]1Cc2cc(C(=O)N(C)Cc3ccc4c(c3)OCO4)ccc2N1S(C)(=O)=O. The van der Waals surface area contributed by atoms with E-state index in [-0.39, 0.29) is 18.7 Å². The molecule has 2 aliphatic rings. The number of carbonyl (C=O) groups is 1. The zero-order valence-electron chi connectivity index (χ0n) is 16.0. The minimum absolute atomic E-state index is 0.120. The Kier molecular flexibility index (Phi) is 4.45. The zero-order chi connectivity index (χ0) is 20.1. The van der Waals surface area contributed by atoms with Gasteiger partial charge in [0, 0.05) is 25.2 Å². The Morgan fingerprint density at radius 1 is 1.18 bits per heavy atom. The first-order chi connectivity index (χ1) is 13.2. The van der Waals surface area contributed by atoms with Gasteiger partial charge in [-0.3, -0.25) is 9.10 Å². The van der Waals surface area contributed by atoms with Crippen LogP contribution in [0.2, 0.25) is 0 Å². The lowest BCUT2D eigenvalue weighted by Crippen LogP contribution is -2.34. The second kappa shape index (κ2) is 6.70. The van der Waals surface area contributed by atoms with Crippen molar-refractivity contribution in [1.82, 2.24) is 4.90 Å². The molecule has 4 rings (SSSR count). The van der Waals surface area contributed by atoms with E-state index in [1.54, 1.807) is 30.1 Å². The van der Waals surface area contributed by atoms with E-state index in [4.69, 9.17) is 9.47 Å². The number of nitrogens with zero attached hydrogens (tertiary/aromatic N) is 2.